The van der Waals surface area contributed by atoms with Crippen LogP contribution >= 0.6 is 22.7 Å². The topological polar surface area (TPSA) is 82.5 Å². The number of aliphatic hydroxyl groups excluding tert-OH is 1. The van der Waals surface area contributed by atoms with Crippen LogP contribution in [0.3, 0.4) is 0 Å². The molecule has 2 aromatic heterocycles. The minimum atomic E-state index is -2.74. The van der Waals surface area contributed by atoms with E-state index in [1.54, 1.807) is 0 Å². The first-order chi connectivity index (χ1) is 15.6. The van der Waals surface area contributed by atoms with Crippen LogP contribution in [0, 0.1) is 11.8 Å². The molecule has 1 saturated carbocycles. The van der Waals surface area contributed by atoms with Crippen LogP contribution in [-0.4, -0.2) is 33.3 Å². The smallest absolute Gasteiger partial charge is 0.331 e. The average Bonchev–Trinajstić information content (AvgIpc) is 3.37. The summed E-state index contributed by atoms with van der Waals surface area (Å²) in [6.45, 7) is 4.12. The number of anilines is 1. The monoisotopic (exact) mass is 494 g/mol. The molecular weight excluding hydrogens is 466 g/mol. The van der Waals surface area contributed by atoms with Crippen molar-refractivity contribution in [3.05, 3.63) is 32.7 Å². The van der Waals surface area contributed by atoms with Crippen molar-refractivity contribution in [2.24, 2.45) is 11.8 Å². The second-order valence-corrected chi connectivity index (χ2v) is 11.7. The van der Waals surface area contributed by atoms with Gasteiger partial charge in [-0.25, -0.2) is 18.6 Å². The zero-order chi connectivity index (χ0) is 23.5. The second-order valence-electron chi connectivity index (χ2n) is 9.74. The number of carbonyl (C=O) groups is 1. The molecule has 0 saturated heterocycles. The highest BCUT2D eigenvalue weighted by Crippen LogP contribution is 2.50. The second kappa shape index (κ2) is 8.43. The fourth-order valence-electron chi connectivity index (χ4n) is 5.56. The van der Waals surface area contributed by atoms with Crippen LogP contribution in [0.5, 0.6) is 0 Å². The summed E-state index contributed by atoms with van der Waals surface area (Å²) in [6.07, 6.45) is 2.02. The maximum Gasteiger partial charge on any atom is 0.331 e. The van der Waals surface area contributed by atoms with Gasteiger partial charge in [0, 0.05) is 34.2 Å². The number of hydrogen-bond donors (Lipinski definition) is 3. The van der Waals surface area contributed by atoms with Crippen LogP contribution in [-0.2, 0) is 17.6 Å². The fraction of sp³-hybridized carbons (Fsp3) is 0.583. The van der Waals surface area contributed by atoms with Crippen LogP contribution < -0.4 is 5.32 Å². The Bertz CT molecular complexity index is 1110. The third kappa shape index (κ3) is 4.12. The highest BCUT2D eigenvalue weighted by Gasteiger charge is 2.42. The molecule has 0 radical (unpaired) electrons. The van der Waals surface area contributed by atoms with E-state index in [2.05, 4.69) is 19.2 Å². The lowest BCUT2D eigenvalue weighted by Crippen LogP contribution is -2.37. The number of thiazole rings is 1. The maximum atomic E-state index is 14.2. The lowest BCUT2D eigenvalue weighted by atomic mass is 9.66. The third-order valence-corrected chi connectivity index (χ3v) is 9.30. The molecule has 0 aromatic carbocycles. The SMILES string of the molecule is CC(C)c1csc(-c2c(NC(O)C3=C(C(=O)O)C4CCC3CC4)sc3c2CCC(F)(F)C3)n1. The summed E-state index contributed by atoms with van der Waals surface area (Å²) in [7, 11) is 0. The number of alkyl halides is 2. The van der Waals surface area contributed by atoms with Gasteiger partial charge < -0.3 is 15.5 Å². The molecule has 0 aliphatic heterocycles. The minimum absolute atomic E-state index is 0.0267. The Morgan fingerprint density at radius 2 is 1.94 bits per heavy atom. The first kappa shape index (κ1) is 22.9. The summed E-state index contributed by atoms with van der Waals surface area (Å²) < 4.78 is 28.4. The number of hydrogen-bond acceptors (Lipinski definition) is 6. The molecule has 5 nitrogen and oxygen atoms in total. The molecule has 4 aliphatic carbocycles. The summed E-state index contributed by atoms with van der Waals surface area (Å²) in [5.41, 5.74) is 3.52. The van der Waals surface area contributed by atoms with Gasteiger partial charge in [-0.15, -0.1) is 22.7 Å². The Labute approximate surface area is 199 Å². The summed E-state index contributed by atoms with van der Waals surface area (Å²) in [5.74, 6) is -3.44. The standard InChI is InChI=1S/C24H28F2N2O3S2/c1-11(2)15-10-32-21(27-15)19-14-7-8-24(25,26)9-16(14)33-22(19)28-20(29)17-12-3-5-13(6-4-12)18(17)23(30)31/h10-13,20,28-29H,3-9H2,1-2H3,(H,30,31). The van der Waals surface area contributed by atoms with E-state index in [1.807, 2.05) is 5.38 Å². The molecule has 4 aliphatic rings. The number of carboxylic acid groups (broad SMARTS) is 1. The number of rotatable bonds is 6. The first-order valence-electron chi connectivity index (χ1n) is 11.5. The number of halogens is 2. The quantitative estimate of drug-likeness (QED) is 0.426. The van der Waals surface area contributed by atoms with E-state index in [0.717, 1.165) is 47.5 Å². The van der Waals surface area contributed by atoms with Crippen LogP contribution in [0.4, 0.5) is 13.8 Å². The Balaban J connectivity index is 1.56. The van der Waals surface area contributed by atoms with E-state index in [4.69, 9.17) is 4.98 Å². The van der Waals surface area contributed by atoms with Gasteiger partial charge in [0.1, 0.15) is 16.2 Å². The van der Waals surface area contributed by atoms with Crippen LogP contribution in [0.25, 0.3) is 10.6 Å². The Hall–Kier alpha value is -1.84. The highest BCUT2D eigenvalue weighted by atomic mass is 32.1. The molecule has 2 bridgehead atoms. The van der Waals surface area contributed by atoms with E-state index in [0.29, 0.717) is 21.0 Å². The maximum absolute atomic E-state index is 14.2. The van der Waals surface area contributed by atoms with Gasteiger partial charge in [-0.05, 0) is 61.0 Å². The van der Waals surface area contributed by atoms with E-state index in [9.17, 15) is 23.8 Å². The number of aliphatic carboxylic acids is 1. The van der Waals surface area contributed by atoms with E-state index >= 15 is 0 Å². The summed E-state index contributed by atoms with van der Waals surface area (Å²) in [5, 5.41) is 27.5. The van der Waals surface area contributed by atoms with Gasteiger partial charge in [0.25, 0.3) is 5.92 Å². The molecular formula is C24H28F2N2O3S2. The van der Waals surface area contributed by atoms with Crippen molar-refractivity contribution in [3.63, 3.8) is 0 Å². The van der Waals surface area contributed by atoms with Crippen molar-refractivity contribution in [1.29, 1.82) is 0 Å². The number of aromatic nitrogens is 1. The van der Waals surface area contributed by atoms with Gasteiger partial charge in [-0.1, -0.05) is 13.8 Å². The average molecular weight is 495 g/mol. The molecule has 6 rings (SSSR count). The number of nitrogens with zero attached hydrogens (tertiary/aromatic N) is 1. The van der Waals surface area contributed by atoms with Crippen molar-refractivity contribution < 1.29 is 23.8 Å². The lowest BCUT2D eigenvalue weighted by Gasteiger charge is -2.40. The van der Waals surface area contributed by atoms with Crippen molar-refractivity contribution in [3.8, 4) is 10.6 Å². The van der Waals surface area contributed by atoms with Crippen molar-refractivity contribution in [2.45, 2.75) is 76.9 Å². The predicted molar refractivity (Wildman–Crippen MR) is 126 cm³/mol. The van der Waals surface area contributed by atoms with Gasteiger partial charge in [0.05, 0.1) is 5.69 Å². The van der Waals surface area contributed by atoms with Crippen LogP contribution in [0.15, 0.2) is 16.5 Å². The number of fused-ring (bicyclic) bond motifs is 3. The number of nitrogens with one attached hydrogen (secondary N) is 1. The number of aliphatic hydroxyl groups is 1. The molecule has 178 valence electrons. The van der Waals surface area contributed by atoms with Gasteiger partial charge in [0.2, 0.25) is 0 Å². The lowest BCUT2D eigenvalue weighted by molar-refractivity contribution is -0.134. The minimum Gasteiger partial charge on any atom is -0.478 e. The number of carboxylic acids is 1. The van der Waals surface area contributed by atoms with E-state index in [-0.39, 0.29) is 37.0 Å². The molecule has 1 atom stereocenters. The largest absolute Gasteiger partial charge is 0.478 e. The molecule has 1 fully saturated rings. The van der Waals surface area contributed by atoms with Gasteiger partial charge in [-0.2, -0.15) is 0 Å². The van der Waals surface area contributed by atoms with E-state index in [1.165, 1.54) is 22.7 Å². The van der Waals surface area contributed by atoms with Crippen LogP contribution in [0.1, 0.15) is 68.0 Å². The molecule has 3 N–H and O–H groups in total. The summed E-state index contributed by atoms with van der Waals surface area (Å²) in [4.78, 5) is 17.4. The fourth-order valence-corrected chi connectivity index (χ4v) is 8.04. The normalized spacial score (nSPS) is 24.8. The molecule has 2 aromatic rings. The highest BCUT2D eigenvalue weighted by molar-refractivity contribution is 7.18. The molecule has 9 heteroatoms. The summed E-state index contributed by atoms with van der Waals surface area (Å²) >= 11 is 2.73. The number of thiophene rings is 1. The van der Waals surface area contributed by atoms with Gasteiger partial charge in [0.15, 0.2) is 0 Å². The third-order valence-electron chi connectivity index (χ3n) is 7.26. The van der Waals surface area contributed by atoms with Crippen LogP contribution in [0.2, 0.25) is 0 Å². The van der Waals surface area contributed by atoms with Gasteiger partial charge >= 0.3 is 5.97 Å². The van der Waals surface area contributed by atoms with Crippen molar-refractivity contribution in [1.82, 2.24) is 4.98 Å². The Kier molecular flexibility index (Phi) is 5.86. The molecule has 0 spiro atoms. The Morgan fingerprint density at radius 3 is 2.58 bits per heavy atom. The zero-order valence-electron chi connectivity index (χ0n) is 18.7. The molecule has 1 unspecified atom stereocenters. The molecule has 33 heavy (non-hydrogen) atoms. The summed E-state index contributed by atoms with van der Waals surface area (Å²) in [6, 6.07) is 0. The predicted octanol–water partition coefficient (Wildman–Crippen LogP) is 6.05. The zero-order valence-corrected chi connectivity index (χ0v) is 20.3. The Morgan fingerprint density at radius 1 is 1.24 bits per heavy atom. The molecule has 2 heterocycles. The van der Waals surface area contributed by atoms with Gasteiger partial charge in [-0.3, -0.25) is 0 Å². The van der Waals surface area contributed by atoms with Crippen molar-refractivity contribution >= 4 is 33.6 Å². The first-order valence-corrected chi connectivity index (χ1v) is 13.2. The molecule has 0 amide bonds. The van der Waals surface area contributed by atoms with Crippen molar-refractivity contribution in [2.75, 3.05) is 5.32 Å². The van der Waals surface area contributed by atoms with E-state index < -0.39 is 18.1 Å².